The molecule has 1 aromatic carbocycles. The summed E-state index contributed by atoms with van der Waals surface area (Å²) in [5.41, 5.74) is 0.559. The highest BCUT2D eigenvalue weighted by atomic mass is 19.1. The number of halogens is 1. The summed E-state index contributed by atoms with van der Waals surface area (Å²) in [6, 6.07) is 4.65. The van der Waals surface area contributed by atoms with Crippen LogP contribution in [0.2, 0.25) is 0 Å². The van der Waals surface area contributed by atoms with Gasteiger partial charge >= 0.3 is 0 Å². The van der Waals surface area contributed by atoms with E-state index >= 15 is 0 Å². The summed E-state index contributed by atoms with van der Waals surface area (Å²) in [5, 5.41) is 9.88. The maximum atomic E-state index is 13.0. The summed E-state index contributed by atoms with van der Waals surface area (Å²) in [6.07, 6.45) is 0.579. The smallest absolute Gasteiger partial charge is 0.123 e. The Morgan fingerprint density at radius 1 is 1.38 bits per heavy atom. The van der Waals surface area contributed by atoms with Crippen LogP contribution in [0.5, 0.6) is 0 Å². The Morgan fingerprint density at radius 2 is 2.00 bits per heavy atom. The maximum Gasteiger partial charge on any atom is 0.123 e. The van der Waals surface area contributed by atoms with Crippen LogP contribution >= 0.6 is 0 Å². The van der Waals surface area contributed by atoms with Gasteiger partial charge in [0.1, 0.15) is 5.82 Å². The molecular weight excluding hydrogens is 167 g/mol. The van der Waals surface area contributed by atoms with Gasteiger partial charge in [-0.25, -0.2) is 4.39 Å². The Bertz CT molecular complexity index is 285. The van der Waals surface area contributed by atoms with Crippen LogP contribution in [0, 0.1) is 12.7 Å². The predicted octanol–water partition coefficient (Wildman–Crippen LogP) is 2.75. The second-order valence-electron chi connectivity index (χ2n) is 3.64. The molecule has 1 rings (SSSR count). The normalized spacial score (nSPS) is 15.5. The SMILES string of the molecule is CC[C@](C)(O)c1cc(C)cc(F)c1. The second kappa shape index (κ2) is 3.46. The lowest BCUT2D eigenvalue weighted by Gasteiger charge is -2.22. The fourth-order valence-corrected chi connectivity index (χ4v) is 1.25. The Balaban J connectivity index is 3.15. The first-order valence-corrected chi connectivity index (χ1v) is 4.46. The van der Waals surface area contributed by atoms with Crippen molar-refractivity contribution in [3.63, 3.8) is 0 Å². The molecule has 2 heteroatoms. The van der Waals surface area contributed by atoms with Crippen molar-refractivity contribution in [3.8, 4) is 0 Å². The van der Waals surface area contributed by atoms with Gasteiger partial charge in [-0.2, -0.15) is 0 Å². The van der Waals surface area contributed by atoms with Crippen molar-refractivity contribution in [2.24, 2.45) is 0 Å². The first-order valence-electron chi connectivity index (χ1n) is 4.46. The Labute approximate surface area is 78.2 Å². The maximum absolute atomic E-state index is 13.0. The number of benzene rings is 1. The van der Waals surface area contributed by atoms with Gasteiger partial charge < -0.3 is 5.11 Å². The molecule has 1 atom stereocenters. The zero-order chi connectivity index (χ0) is 10.1. The van der Waals surface area contributed by atoms with Gasteiger partial charge in [-0.1, -0.05) is 13.0 Å². The first-order chi connectivity index (χ1) is 5.95. The van der Waals surface area contributed by atoms with E-state index in [0.717, 1.165) is 5.56 Å². The molecule has 0 bridgehead atoms. The molecule has 1 nitrogen and oxygen atoms in total. The lowest BCUT2D eigenvalue weighted by atomic mass is 9.92. The molecule has 0 aromatic heterocycles. The quantitative estimate of drug-likeness (QED) is 0.745. The second-order valence-corrected chi connectivity index (χ2v) is 3.64. The molecule has 1 N–H and O–H groups in total. The van der Waals surface area contributed by atoms with Crippen LogP contribution < -0.4 is 0 Å². The molecule has 0 fully saturated rings. The largest absolute Gasteiger partial charge is 0.385 e. The number of rotatable bonds is 2. The van der Waals surface area contributed by atoms with Crippen molar-refractivity contribution in [3.05, 3.63) is 35.1 Å². The zero-order valence-electron chi connectivity index (χ0n) is 8.26. The van der Waals surface area contributed by atoms with Crippen LogP contribution in [0.1, 0.15) is 31.4 Å². The Hall–Kier alpha value is -0.890. The monoisotopic (exact) mass is 182 g/mol. The zero-order valence-corrected chi connectivity index (χ0v) is 8.26. The topological polar surface area (TPSA) is 20.2 Å². The average molecular weight is 182 g/mol. The van der Waals surface area contributed by atoms with E-state index in [9.17, 15) is 9.50 Å². The number of hydrogen-bond acceptors (Lipinski definition) is 1. The molecule has 0 aliphatic carbocycles. The van der Waals surface area contributed by atoms with E-state index in [1.54, 1.807) is 6.92 Å². The molecule has 0 aliphatic heterocycles. The number of aliphatic hydroxyl groups is 1. The Morgan fingerprint density at radius 3 is 2.46 bits per heavy atom. The summed E-state index contributed by atoms with van der Waals surface area (Å²) < 4.78 is 13.0. The number of hydrogen-bond donors (Lipinski definition) is 1. The third-order valence-electron chi connectivity index (χ3n) is 2.35. The van der Waals surface area contributed by atoms with Crippen LogP contribution in [0.4, 0.5) is 4.39 Å². The summed E-state index contributed by atoms with van der Waals surface area (Å²) in [6.45, 7) is 5.39. The minimum absolute atomic E-state index is 0.288. The van der Waals surface area contributed by atoms with Gasteiger partial charge in [0.05, 0.1) is 5.60 Å². The molecule has 13 heavy (non-hydrogen) atoms. The van der Waals surface area contributed by atoms with E-state index in [2.05, 4.69) is 0 Å². The van der Waals surface area contributed by atoms with Crippen molar-refractivity contribution < 1.29 is 9.50 Å². The summed E-state index contributed by atoms with van der Waals surface area (Å²) in [5.74, 6) is -0.288. The van der Waals surface area contributed by atoms with Crippen molar-refractivity contribution >= 4 is 0 Å². The van der Waals surface area contributed by atoms with Crippen LogP contribution in [-0.4, -0.2) is 5.11 Å². The molecule has 0 heterocycles. The summed E-state index contributed by atoms with van der Waals surface area (Å²) in [7, 11) is 0. The molecule has 0 spiro atoms. The first kappa shape index (κ1) is 10.2. The molecule has 0 unspecified atom stereocenters. The van der Waals surface area contributed by atoms with Gasteiger partial charge in [-0.15, -0.1) is 0 Å². The molecule has 0 amide bonds. The lowest BCUT2D eigenvalue weighted by Crippen LogP contribution is -2.19. The van der Waals surface area contributed by atoms with Crippen molar-refractivity contribution in [2.45, 2.75) is 32.8 Å². The molecule has 0 saturated carbocycles. The minimum atomic E-state index is -0.924. The van der Waals surface area contributed by atoms with Crippen molar-refractivity contribution in [1.29, 1.82) is 0 Å². The molecule has 0 radical (unpaired) electrons. The highest BCUT2D eigenvalue weighted by molar-refractivity contribution is 5.27. The predicted molar refractivity (Wildman–Crippen MR) is 51.0 cm³/mol. The van der Waals surface area contributed by atoms with Crippen molar-refractivity contribution in [2.75, 3.05) is 0 Å². The highest BCUT2D eigenvalue weighted by Gasteiger charge is 2.20. The third kappa shape index (κ3) is 2.28. The van der Waals surface area contributed by atoms with Crippen LogP contribution in [0.25, 0.3) is 0 Å². The molecule has 0 saturated heterocycles. The van der Waals surface area contributed by atoms with Gasteiger partial charge in [0.15, 0.2) is 0 Å². The van der Waals surface area contributed by atoms with Gasteiger partial charge in [-0.3, -0.25) is 0 Å². The van der Waals surface area contributed by atoms with Gasteiger partial charge in [0.2, 0.25) is 0 Å². The average Bonchev–Trinajstić information content (AvgIpc) is 2.02. The van der Waals surface area contributed by atoms with Gasteiger partial charge in [-0.05, 0) is 43.5 Å². The molecule has 1 aromatic rings. The van der Waals surface area contributed by atoms with Crippen LogP contribution in [-0.2, 0) is 5.60 Å². The lowest BCUT2D eigenvalue weighted by molar-refractivity contribution is 0.0527. The van der Waals surface area contributed by atoms with E-state index in [4.69, 9.17) is 0 Å². The Kier molecular flexibility index (Phi) is 2.71. The van der Waals surface area contributed by atoms with E-state index < -0.39 is 5.60 Å². The van der Waals surface area contributed by atoms with Gasteiger partial charge in [0.25, 0.3) is 0 Å². The fourth-order valence-electron chi connectivity index (χ4n) is 1.25. The highest BCUT2D eigenvalue weighted by Crippen LogP contribution is 2.25. The van der Waals surface area contributed by atoms with Gasteiger partial charge in [0, 0.05) is 0 Å². The standard InChI is InChI=1S/C11H15FO/c1-4-11(3,13)9-5-8(2)6-10(12)7-9/h5-7,13H,4H2,1-3H3/t11-/m0/s1. The summed E-state index contributed by atoms with van der Waals surface area (Å²) in [4.78, 5) is 0. The number of aryl methyl sites for hydroxylation is 1. The third-order valence-corrected chi connectivity index (χ3v) is 2.35. The van der Waals surface area contributed by atoms with Crippen LogP contribution in [0.3, 0.4) is 0 Å². The fraction of sp³-hybridized carbons (Fsp3) is 0.455. The van der Waals surface area contributed by atoms with E-state index in [-0.39, 0.29) is 5.82 Å². The molecule has 0 aliphatic rings. The van der Waals surface area contributed by atoms with Crippen molar-refractivity contribution in [1.82, 2.24) is 0 Å². The van der Waals surface area contributed by atoms with E-state index in [0.29, 0.717) is 12.0 Å². The van der Waals surface area contributed by atoms with Crippen LogP contribution in [0.15, 0.2) is 18.2 Å². The minimum Gasteiger partial charge on any atom is -0.385 e. The molecule has 72 valence electrons. The summed E-state index contributed by atoms with van der Waals surface area (Å²) >= 11 is 0. The van der Waals surface area contributed by atoms with E-state index in [1.165, 1.54) is 12.1 Å². The molecular formula is C11H15FO. The van der Waals surface area contributed by atoms with E-state index in [1.807, 2.05) is 19.9 Å².